The van der Waals surface area contributed by atoms with E-state index < -0.39 is 16.0 Å². The van der Waals surface area contributed by atoms with Crippen LogP contribution >= 0.6 is 0 Å². The summed E-state index contributed by atoms with van der Waals surface area (Å²) >= 11 is 0. The molecule has 8 heteroatoms. The molecule has 1 heterocycles. The summed E-state index contributed by atoms with van der Waals surface area (Å²) in [7, 11) is -0.520. The second kappa shape index (κ2) is 6.37. The van der Waals surface area contributed by atoms with Crippen LogP contribution in [0.4, 0.5) is 0 Å². The molecule has 0 spiro atoms. The Bertz CT molecular complexity index is 852. The number of esters is 1. The van der Waals surface area contributed by atoms with E-state index in [1.807, 2.05) is 17.8 Å². The van der Waals surface area contributed by atoms with E-state index in [0.29, 0.717) is 17.2 Å². The van der Waals surface area contributed by atoms with Gasteiger partial charge in [0.2, 0.25) is 10.0 Å². The summed E-state index contributed by atoms with van der Waals surface area (Å²) in [4.78, 5) is 11.5. The van der Waals surface area contributed by atoms with Crippen LogP contribution in [0.25, 0.3) is 0 Å². The molecule has 1 aliphatic rings. The minimum Gasteiger partial charge on any atom is -0.465 e. The number of aryl methyl sites for hydroxylation is 1. The lowest BCUT2D eigenvalue weighted by Crippen LogP contribution is -2.23. The Morgan fingerprint density at radius 2 is 2.00 bits per heavy atom. The van der Waals surface area contributed by atoms with Crippen LogP contribution in [-0.4, -0.2) is 31.3 Å². The number of rotatable bonds is 6. The molecule has 0 radical (unpaired) electrons. The highest BCUT2D eigenvalue weighted by atomic mass is 32.2. The van der Waals surface area contributed by atoms with Crippen LogP contribution in [0.5, 0.6) is 0 Å². The Morgan fingerprint density at radius 3 is 2.58 bits per heavy atom. The van der Waals surface area contributed by atoms with Crippen molar-refractivity contribution in [2.45, 2.75) is 30.2 Å². The minimum absolute atomic E-state index is 0.0912. The van der Waals surface area contributed by atoms with Gasteiger partial charge in [-0.3, -0.25) is 4.68 Å². The molecule has 0 bridgehead atoms. The van der Waals surface area contributed by atoms with Crippen molar-refractivity contribution in [3.05, 3.63) is 47.3 Å². The van der Waals surface area contributed by atoms with Crippen LogP contribution < -0.4 is 4.72 Å². The predicted molar refractivity (Wildman–Crippen MR) is 87.0 cm³/mol. The fourth-order valence-corrected chi connectivity index (χ4v) is 3.53. The van der Waals surface area contributed by atoms with Gasteiger partial charge in [-0.1, -0.05) is 0 Å². The zero-order valence-corrected chi connectivity index (χ0v) is 14.3. The van der Waals surface area contributed by atoms with Crippen molar-refractivity contribution in [2.75, 3.05) is 7.11 Å². The van der Waals surface area contributed by atoms with E-state index >= 15 is 0 Å². The molecule has 24 heavy (non-hydrogen) atoms. The van der Waals surface area contributed by atoms with E-state index in [4.69, 9.17) is 0 Å². The highest BCUT2D eigenvalue weighted by molar-refractivity contribution is 7.89. The van der Waals surface area contributed by atoms with Gasteiger partial charge in [0.25, 0.3) is 0 Å². The highest BCUT2D eigenvalue weighted by Gasteiger charge is 2.27. The molecule has 1 aromatic heterocycles. The summed E-state index contributed by atoms with van der Waals surface area (Å²) in [5.74, 6) is 0.0479. The number of aromatic nitrogens is 2. The van der Waals surface area contributed by atoms with E-state index in [-0.39, 0.29) is 11.4 Å². The maximum Gasteiger partial charge on any atom is 0.337 e. The first-order valence-corrected chi connectivity index (χ1v) is 9.10. The molecule has 1 aromatic carbocycles. The van der Waals surface area contributed by atoms with Gasteiger partial charge in [-0.15, -0.1) is 0 Å². The zero-order chi connectivity index (χ0) is 17.3. The lowest BCUT2D eigenvalue weighted by atomic mass is 10.2. The Balaban J connectivity index is 1.69. The summed E-state index contributed by atoms with van der Waals surface area (Å²) in [6.07, 6.45) is 2.33. The number of hydrogen-bond acceptors (Lipinski definition) is 5. The SMILES string of the molecule is COC(=O)c1ccc(S(=O)(=O)NCc2cc(C3CC3)n(C)n2)cc1. The summed E-state index contributed by atoms with van der Waals surface area (Å²) in [5, 5.41) is 4.35. The number of nitrogens with zero attached hydrogens (tertiary/aromatic N) is 2. The van der Waals surface area contributed by atoms with E-state index in [0.717, 1.165) is 18.5 Å². The first-order chi connectivity index (χ1) is 11.4. The smallest absolute Gasteiger partial charge is 0.337 e. The zero-order valence-electron chi connectivity index (χ0n) is 13.5. The average Bonchev–Trinajstić information content (AvgIpc) is 3.35. The predicted octanol–water partition coefficient (Wildman–Crippen LogP) is 1.56. The van der Waals surface area contributed by atoms with Gasteiger partial charge in [0, 0.05) is 18.7 Å². The Hall–Kier alpha value is -2.19. The van der Waals surface area contributed by atoms with E-state index in [9.17, 15) is 13.2 Å². The van der Waals surface area contributed by atoms with Crippen molar-refractivity contribution in [2.24, 2.45) is 7.05 Å². The molecule has 1 fully saturated rings. The maximum absolute atomic E-state index is 12.3. The molecule has 0 amide bonds. The maximum atomic E-state index is 12.3. The van der Waals surface area contributed by atoms with Gasteiger partial charge in [-0.2, -0.15) is 5.10 Å². The van der Waals surface area contributed by atoms with Crippen molar-refractivity contribution in [1.82, 2.24) is 14.5 Å². The van der Waals surface area contributed by atoms with Gasteiger partial charge in [-0.25, -0.2) is 17.9 Å². The molecule has 1 saturated carbocycles. The molecule has 7 nitrogen and oxygen atoms in total. The number of carbonyl (C=O) groups is 1. The molecule has 3 rings (SSSR count). The van der Waals surface area contributed by atoms with Gasteiger partial charge < -0.3 is 4.74 Å². The van der Waals surface area contributed by atoms with Gasteiger partial charge in [0.1, 0.15) is 0 Å². The number of ether oxygens (including phenoxy) is 1. The first kappa shape index (κ1) is 16.7. The summed E-state index contributed by atoms with van der Waals surface area (Å²) in [5.41, 5.74) is 2.14. The number of hydrogen-bond donors (Lipinski definition) is 1. The third kappa shape index (κ3) is 3.49. The summed E-state index contributed by atoms with van der Waals surface area (Å²) < 4.78 is 33.6. The van der Waals surface area contributed by atoms with Gasteiger partial charge >= 0.3 is 5.97 Å². The van der Waals surface area contributed by atoms with Crippen molar-refractivity contribution < 1.29 is 17.9 Å². The Morgan fingerprint density at radius 1 is 1.33 bits per heavy atom. The van der Waals surface area contributed by atoms with Crippen molar-refractivity contribution in [3.63, 3.8) is 0 Å². The first-order valence-electron chi connectivity index (χ1n) is 7.61. The van der Waals surface area contributed by atoms with Gasteiger partial charge in [0.15, 0.2) is 0 Å². The van der Waals surface area contributed by atoms with Crippen LogP contribution in [0, 0.1) is 0 Å². The highest BCUT2D eigenvalue weighted by Crippen LogP contribution is 2.39. The van der Waals surface area contributed by atoms with Crippen molar-refractivity contribution in [1.29, 1.82) is 0 Å². The van der Waals surface area contributed by atoms with Crippen LogP contribution in [0.3, 0.4) is 0 Å². The van der Waals surface area contributed by atoms with Gasteiger partial charge in [0.05, 0.1) is 29.8 Å². The van der Waals surface area contributed by atoms with Crippen molar-refractivity contribution >= 4 is 16.0 Å². The molecular formula is C16H19N3O4S. The van der Waals surface area contributed by atoms with E-state index in [2.05, 4.69) is 14.6 Å². The molecule has 0 unspecified atom stereocenters. The summed E-state index contributed by atoms with van der Waals surface area (Å²) in [6, 6.07) is 7.55. The average molecular weight is 349 g/mol. The molecule has 2 aromatic rings. The third-order valence-electron chi connectivity index (χ3n) is 3.99. The van der Waals surface area contributed by atoms with Crippen LogP contribution in [0.2, 0.25) is 0 Å². The second-order valence-corrected chi connectivity index (χ2v) is 7.57. The van der Waals surface area contributed by atoms with Crippen LogP contribution in [0.15, 0.2) is 35.2 Å². The number of sulfonamides is 1. The Labute approximate surface area is 140 Å². The fourth-order valence-electron chi connectivity index (χ4n) is 2.53. The molecule has 0 aliphatic heterocycles. The molecule has 0 saturated heterocycles. The number of benzene rings is 1. The van der Waals surface area contributed by atoms with Crippen molar-refractivity contribution in [3.8, 4) is 0 Å². The summed E-state index contributed by atoms with van der Waals surface area (Å²) in [6.45, 7) is 0.127. The molecular weight excluding hydrogens is 330 g/mol. The lowest BCUT2D eigenvalue weighted by molar-refractivity contribution is 0.0600. The van der Waals surface area contributed by atoms with Gasteiger partial charge in [-0.05, 0) is 43.2 Å². The monoisotopic (exact) mass is 349 g/mol. The topological polar surface area (TPSA) is 90.3 Å². The molecule has 1 N–H and O–H groups in total. The number of carbonyl (C=O) groups excluding carboxylic acids is 1. The van der Waals surface area contributed by atoms with Crippen LogP contribution in [-0.2, 0) is 28.4 Å². The van der Waals surface area contributed by atoms with Crippen LogP contribution in [0.1, 0.15) is 40.5 Å². The van der Waals surface area contributed by atoms with E-state index in [1.54, 1.807) is 0 Å². The quantitative estimate of drug-likeness (QED) is 0.799. The second-order valence-electron chi connectivity index (χ2n) is 5.80. The standard InChI is InChI=1S/C16H19N3O4S/c1-19-15(11-3-4-11)9-13(18-19)10-17-24(21,22)14-7-5-12(6-8-14)16(20)23-2/h5-9,11,17H,3-4,10H2,1-2H3. The lowest BCUT2D eigenvalue weighted by Gasteiger charge is -2.06. The normalized spacial score (nSPS) is 14.6. The Kier molecular flexibility index (Phi) is 4.42. The third-order valence-corrected chi connectivity index (χ3v) is 5.41. The largest absolute Gasteiger partial charge is 0.465 e. The fraction of sp³-hybridized carbons (Fsp3) is 0.375. The van der Waals surface area contributed by atoms with E-state index in [1.165, 1.54) is 31.4 Å². The number of methoxy groups -OCH3 is 1. The molecule has 128 valence electrons. The number of nitrogens with one attached hydrogen (secondary N) is 1. The molecule has 0 atom stereocenters. The minimum atomic E-state index is -3.67. The molecule has 1 aliphatic carbocycles.